The second-order valence-electron chi connectivity index (χ2n) is 4.72. The quantitative estimate of drug-likeness (QED) is 0.817. The highest BCUT2D eigenvalue weighted by atomic mass is 16.4. The predicted molar refractivity (Wildman–Crippen MR) is 69.2 cm³/mol. The first-order chi connectivity index (χ1) is 9.06. The van der Waals surface area contributed by atoms with Gasteiger partial charge < -0.3 is 10.0 Å². The molecule has 6 heteroatoms. The van der Waals surface area contributed by atoms with Crippen LogP contribution in [-0.4, -0.2) is 44.8 Å². The lowest BCUT2D eigenvalue weighted by Gasteiger charge is -2.29. The van der Waals surface area contributed by atoms with E-state index in [1.54, 1.807) is 21.9 Å². The lowest BCUT2D eigenvalue weighted by atomic mass is 9.97. The van der Waals surface area contributed by atoms with Gasteiger partial charge in [-0.3, -0.25) is 14.3 Å². The standard InChI is InChI=1S/C13H17N3O3/c1-15-9-10(8-14-15)2-3-12(17)16-6-4-11(5-7-16)13(18)19/h2-3,8-9,11H,4-7H2,1H3,(H,18,19)/b3-2+. The zero-order valence-corrected chi connectivity index (χ0v) is 10.8. The van der Waals surface area contributed by atoms with Crippen LogP contribution in [0.5, 0.6) is 0 Å². The summed E-state index contributed by atoms with van der Waals surface area (Å²) in [5.74, 6) is -1.16. The summed E-state index contributed by atoms with van der Waals surface area (Å²) >= 11 is 0. The van der Waals surface area contributed by atoms with Crippen LogP contribution in [0.3, 0.4) is 0 Å². The number of aliphatic carboxylic acids is 1. The van der Waals surface area contributed by atoms with Gasteiger partial charge in [0, 0.05) is 38.0 Å². The zero-order valence-electron chi connectivity index (χ0n) is 10.8. The molecule has 0 bridgehead atoms. The van der Waals surface area contributed by atoms with E-state index in [2.05, 4.69) is 5.10 Å². The normalized spacial score (nSPS) is 17.0. The molecule has 0 radical (unpaired) electrons. The van der Waals surface area contributed by atoms with Crippen LogP contribution < -0.4 is 0 Å². The van der Waals surface area contributed by atoms with E-state index in [1.165, 1.54) is 6.08 Å². The first-order valence-corrected chi connectivity index (χ1v) is 6.24. The molecule has 102 valence electrons. The fourth-order valence-electron chi connectivity index (χ4n) is 2.15. The number of carbonyl (C=O) groups is 2. The predicted octanol–water partition coefficient (Wildman–Crippen LogP) is 0.756. The van der Waals surface area contributed by atoms with Gasteiger partial charge in [0.2, 0.25) is 5.91 Å². The van der Waals surface area contributed by atoms with Crippen LogP contribution in [0.4, 0.5) is 0 Å². The Morgan fingerprint density at radius 2 is 2.11 bits per heavy atom. The molecule has 1 N–H and O–H groups in total. The molecule has 0 atom stereocenters. The van der Waals surface area contributed by atoms with Crippen molar-refractivity contribution in [1.82, 2.24) is 14.7 Å². The van der Waals surface area contributed by atoms with Crippen molar-refractivity contribution in [3.63, 3.8) is 0 Å². The largest absolute Gasteiger partial charge is 0.481 e. The lowest BCUT2D eigenvalue weighted by molar-refractivity contribution is -0.144. The average Bonchev–Trinajstić information content (AvgIpc) is 2.82. The van der Waals surface area contributed by atoms with Gasteiger partial charge in [0.1, 0.15) is 0 Å². The second-order valence-corrected chi connectivity index (χ2v) is 4.72. The van der Waals surface area contributed by atoms with Crippen LogP contribution in [-0.2, 0) is 16.6 Å². The van der Waals surface area contributed by atoms with Gasteiger partial charge in [-0.15, -0.1) is 0 Å². The zero-order chi connectivity index (χ0) is 13.8. The van der Waals surface area contributed by atoms with Gasteiger partial charge >= 0.3 is 5.97 Å². The molecule has 1 fully saturated rings. The SMILES string of the molecule is Cn1cc(/C=C/C(=O)N2CCC(C(=O)O)CC2)cn1. The molecule has 2 rings (SSSR count). The molecule has 0 saturated carbocycles. The van der Waals surface area contributed by atoms with Crippen LogP contribution in [0, 0.1) is 5.92 Å². The molecule has 1 aliphatic heterocycles. The van der Waals surface area contributed by atoms with E-state index in [4.69, 9.17) is 5.11 Å². The number of hydrogen-bond donors (Lipinski definition) is 1. The van der Waals surface area contributed by atoms with Gasteiger partial charge in [0.25, 0.3) is 0 Å². The Labute approximate surface area is 111 Å². The first kappa shape index (κ1) is 13.3. The van der Waals surface area contributed by atoms with Crippen molar-refractivity contribution in [1.29, 1.82) is 0 Å². The van der Waals surface area contributed by atoms with Crippen molar-refractivity contribution in [3.05, 3.63) is 24.0 Å². The molecule has 0 aromatic carbocycles. The maximum atomic E-state index is 11.9. The van der Waals surface area contributed by atoms with Crippen molar-refractivity contribution < 1.29 is 14.7 Å². The lowest BCUT2D eigenvalue weighted by Crippen LogP contribution is -2.39. The Morgan fingerprint density at radius 1 is 1.42 bits per heavy atom. The van der Waals surface area contributed by atoms with Gasteiger partial charge in [-0.05, 0) is 18.9 Å². The average molecular weight is 263 g/mol. The van der Waals surface area contributed by atoms with E-state index in [1.807, 2.05) is 13.2 Å². The van der Waals surface area contributed by atoms with Crippen molar-refractivity contribution in [2.75, 3.05) is 13.1 Å². The van der Waals surface area contributed by atoms with Crippen LogP contribution in [0.1, 0.15) is 18.4 Å². The minimum Gasteiger partial charge on any atom is -0.481 e. The summed E-state index contributed by atoms with van der Waals surface area (Å²) in [4.78, 5) is 24.4. The summed E-state index contributed by atoms with van der Waals surface area (Å²) in [6.07, 6.45) is 7.79. The maximum Gasteiger partial charge on any atom is 0.306 e. The molecule has 1 aromatic heterocycles. The molecular formula is C13H17N3O3. The number of hydrogen-bond acceptors (Lipinski definition) is 3. The summed E-state index contributed by atoms with van der Waals surface area (Å²) in [6, 6.07) is 0. The number of carboxylic acid groups (broad SMARTS) is 1. The number of likely N-dealkylation sites (tertiary alicyclic amines) is 1. The molecule has 1 saturated heterocycles. The Bertz CT molecular complexity index is 499. The molecule has 1 amide bonds. The second kappa shape index (κ2) is 5.69. The third-order valence-corrected chi connectivity index (χ3v) is 3.30. The summed E-state index contributed by atoms with van der Waals surface area (Å²) in [5.41, 5.74) is 0.872. The Balaban J connectivity index is 1.88. The van der Waals surface area contributed by atoms with Crippen LogP contribution in [0.2, 0.25) is 0 Å². The molecular weight excluding hydrogens is 246 g/mol. The Hall–Kier alpha value is -2.11. The Kier molecular flexibility index (Phi) is 3.99. The number of carbonyl (C=O) groups excluding carboxylic acids is 1. The van der Waals surface area contributed by atoms with Crippen molar-refractivity contribution >= 4 is 18.0 Å². The number of carboxylic acids is 1. The van der Waals surface area contributed by atoms with Crippen molar-refractivity contribution in [2.45, 2.75) is 12.8 Å². The number of amides is 1. The molecule has 1 aliphatic rings. The highest BCUT2D eigenvalue weighted by Crippen LogP contribution is 2.17. The van der Waals surface area contributed by atoms with E-state index >= 15 is 0 Å². The van der Waals surface area contributed by atoms with E-state index in [9.17, 15) is 9.59 Å². The van der Waals surface area contributed by atoms with Crippen LogP contribution in [0.15, 0.2) is 18.5 Å². The van der Waals surface area contributed by atoms with Gasteiger partial charge in [-0.1, -0.05) is 0 Å². The number of aryl methyl sites for hydroxylation is 1. The molecule has 0 aliphatic carbocycles. The monoisotopic (exact) mass is 263 g/mol. The van der Waals surface area contributed by atoms with E-state index in [0.717, 1.165) is 5.56 Å². The van der Waals surface area contributed by atoms with Crippen molar-refractivity contribution in [3.8, 4) is 0 Å². The van der Waals surface area contributed by atoms with E-state index in [0.29, 0.717) is 25.9 Å². The summed E-state index contributed by atoms with van der Waals surface area (Å²) < 4.78 is 1.67. The third kappa shape index (κ3) is 3.43. The van der Waals surface area contributed by atoms with Crippen LogP contribution >= 0.6 is 0 Å². The topological polar surface area (TPSA) is 75.4 Å². The number of rotatable bonds is 3. The molecule has 6 nitrogen and oxygen atoms in total. The van der Waals surface area contributed by atoms with E-state index < -0.39 is 5.97 Å². The van der Waals surface area contributed by atoms with Gasteiger partial charge in [0.15, 0.2) is 0 Å². The Morgan fingerprint density at radius 3 is 2.63 bits per heavy atom. The highest BCUT2D eigenvalue weighted by Gasteiger charge is 2.25. The summed E-state index contributed by atoms with van der Waals surface area (Å²) in [7, 11) is 1.82. The summed E-state index contributed by atoms with van der Waals surface area (Å²) in [5, 5.41) is 12.9. The smallest absolute Gasteiger partial charge is 0.306 e. The molecule has 1 aromatic rings. The third-order valence-electron chi connectivity index (χ3n) is 3.30. The molecule has 19 heavy (non-hydrogen) atoms. The minimum absolute atomic E-state index is 0.0762. The fraction of sp³-hybridized carbons (Fsp3) is 0.462. The minimum atomic E-state index is -0.766. The first-order valence-electron chi connectivity index (χ1n) is 6.24. The molecule has 0 unspecified atom stereocenters. The van der Waals surface area contributed by atoms with Crippen LogP contribution in [0.25, 0.3) is 6.08 Å². The molecule has 2 heterocycles. The fourth-order valence-corrected chi connectivity index (χ4v) is 2.15. The van der Waals surface area contributed by atoms with Crippen molar-refractivity contribution in [2.24, 2.45) is 13.0 Å². The van der Waals surface area contributed by atoms with E-state index in [-0.39, 0.29) is 11.8 Å². The van der Waals surface area contributed by atoms with Gasteiger partial charge in [-0.2, -0.15) is 5.10 Å². The maximum absolute atomic E-state index is 11.9. The number of nitrogens with zero attached hydrogens (tertiary/aromatic N) is 3. The number of aromatic nitrogens is 2. The van der Waals surface area contributed by atoms with Gasteiger partial charge in [0.05, 0.1) is 12.1 Å². The van der Waals surface area contributed by atoms with Gasteiger partial charge in [-0.25, -0.2) is 0 Å². The molecule has 0 spiro atoms. The number of piperidine rings is 1. The highest BCUT2D eigenvalue weighted by molar-refractivity contribution is 5.91. The summed E-state index contributed by atoms with van der Waals surface area (Å²) in [6.45, 7) is 1.01.